The third kappa shape index (κ3) is 2.91. The Hall–Kier alpha value is -3.40. The number of ether oxygens (including phenoxy) is 2. The van der Waals surface area contributed by atoms with Gasteiger partial charge in [-0.3, -0.25) is 19.3 Å². The van der Waals surface area contributed by atoms with Crippen molar-refractivity contribution in [1.29, 1.82) is 5.41 Å². The number of esters is 2. The first-order valence-corrected chi connectivity index (χ1v) is 11.3. The van der Waals surface area contributed by atoms with Crippen LogP contribution < -0.4 is 0 Å². The number of hydrogen-bond acceptors (Lipinski definition) is 10. The van der Waals surface area contributed by atoms with E-state index >= 15 is 0 Å². The molecule has 0 amide bonds. The van der Waals surface area contributed by atoms with Crippen LogP contribution in [0.25, 0.3) is 0 Å². The van der Waals surface area contributed by atoms with Gasteiger partial charge in [-0.2, -0.15) is 0 Å². The molecular formula is C24H25N3O7. The van der Waals surface area contributed by atoms with Crippen molar-refractivity contribution < 1.29 is 33.6 Å². The maximum atomic E-state index is 13.6. The van der Waals surface area contributed by atoms with Gasteiger partial charge in [-0.15, -0.1) is 0 Å². The fourth-order valence-corrected chi connectivity index (χ4v) is 6.31. The summed E-state index contributed by atoms with van der Waals surface area (Å²) in [7, 11) is 1.18. The highest BCUT2D eigenvalue weighted by atomic mass is 16.8. The van der Waals surface area contributed by atoms with Gasteiger partial charge in [0.25, 0.3) is 0 Å². The van der Waals surface area contributed by atoms with Gasteiger partial charge in [0.15, 0.2) is 17.0 Å². The molecule has 178 valence electrons. The van der Waals surface area contributed by atoms with Crippen LogP contribution in [0.3, 0.4) is 0 Å². The number of carbonyl (C=O) groups is 4. The maximum Gasteiger partial charge on any atom is 0.338 e. The highest BCUT2D eigenvalue weighted by Gasteiger charge is 2.79. The quantitative estimate of drug-likeness (QED) is 0.526. The molecule has 1 aliphatic carbocycles. The van der Waals surface area contributed by atoms with Gasteiger partial charge in [0.1, 0.15) is 11.6 Å². The fraction of sp³-hybridized carbons (Fsp3) is 0.500. The summed E-state index contributed by atoms with van der Waals surface area (Å²) in [5, 5.41) is 14.3. The molecule has 4 bridgehead atoms. The zero-order valence-corrected chi connectivity index (χ0v) is 18.7. The molecule has 6 rings (SSSR count). The van der Waals surface area contributed by atoms with E-state index in [1.54, 1.807) is 30.3 Å². The standard InChI is InChI=1S/C24H25N3O7/c1-32-22(31)24-17-11-15-9-10-23(24,19(28)7-8-20(24)29)27(15)34-26-13-16(12-18(17)25)33-21(30)14-5-3-2-4-6-14/h2-6,13,15-17,25H,7-12H2,1H3/t15?,16-,17?,23?,24+/m1/s1. The number of fused-ring (bicyclic) bond motifs is 4. The van der Waals surface area contributed by atoms with Crippen LogP contribution in [-0.4, -0.2) is 65.3 Å². The molecule has 0 aromatic heterocycles. The SMILES string of the molecule is COC(=O)[C@]12C(=O)CCC(=O)C13CCC1CC2C(=N)C[C@@H](OC(=O)c2ccccc2)C=NON13. The average molecular weight is 467 g/mol. The van der Waals surface area contributed by atoms with Gasteiger partial charge in [0.05, 0.1) is 24.9 Å². The molecule has 10 heteroatoms. The molecule has 4 unspecified atom stereocenters. The van der Waals surface area contributed by atoms with E-state index in [2.05, 4.69) is 5.16 Å². The van der Waals surface area contributed by atoms with Crippen LogP contribution in [0.1, 0.15) is 48.9 Å². The van der Waals surface area contributed by atoms with Crippen LogP contribution in [-0.2, 0) is 28.8 Å². The van der Waals surface area contributed by atoms with Crippen LogP contribution in [0.5, 0.6) is 0 Å². The van der Waals surface area contributed by atoms with Crippen molar-refractivity contribution in [3.05, 3.63) is 35.9 Å². The number of piperidine rings is 1. The third-order valence-corrected chi connectivity index (χ3v) is 7.69. The molecule has 10 nitrogen and oxygen atoms in total. The van der Waals surface area contributed by atoms with E-state index in [0.717, 1.165) is 0 Å². The third-order valence-electron chi connectivity index (χ3n) is 7.69. The van der Waals surface area contributed by atoms with E-state index in [-0.39, 0.29) is 49.6 Å². The Morgan fingerprint density at radius 1 is 1.18 bits per heavy atom. The number of hydroxylamine groups is 2. The maximum absolute atomic E-state index is 13.6. The molecule has 1 N–H and O–H groups in total. The molecule has 1 aromatic rings. The topological polar surface area (TPSA) is 135 Å². The first kappa shape index (κ1) is 22.4. The van der Waals surface area contributed by atoms with Gasteiger partial charge in [0.2, 0.25) is 0 Å². The minimum Gasteiger partial charge on any atom is -0.468 e. The van der Waals surface area contributed by atoms with Crippen molar-refractivity contribution in [3.8, 4) is 0 Å². The molecule has 3 fully saturated rings. The number of oxime groups is 1. The number of carbonyl (C=O) groups excluding carboxylic acids is 4. The number of nitrogens with one attached hydrogen (secondary N) is 1. The van der Waals surface area contributed by atoms with E-state index < -0.39 is 40.7 Å². The highest BCUT2D eigenvalue weighted by molar-refractivity contribution is 6.18. The predicted molar refractivity (Wildman–Crippen MR) is 117 cm³/mol. The Balaban J connectivity index is 1.57. The van der Waals surface area contributed by atoms with Gasteiger partial charge in [-0.05, 0) is 31.4 Å². The largest absolute Gasteiger partial charge is 0.468 e. The minimum atomic E-state index is -1.90. The van der Waals surface area contributed by atoms with Crippen LogP contribution in [0.4, 0.5) is 0 Å². The van der Waals surface area contributed by atoms with Crippen LogP contribution in [0.15, 0.2) is 35.5 Å². The second-order valence-corrected chi connectivity index (χ2v) is 9.19. The molecule has 1 aromatic carbocycles. The summed E-state index contributed by atoms with van der Waals surface area (Å²) in [6.07, 6.45) is 1.12. The first-order valence-electron chi connectivity index (χ1n) is 11.3. The minimum absolute atomic E-state index is 0.00869. The van der Waals surface area contributed by atoms with Crippen molar-refractivity contribution in [2.45, 2.75) is 56.2 Å². The summed E-state index contributed by atoms with van der Waals surface area (Å²) < 4.78 is 10.7. The van der Waals surface area contributed by atoms with Crippen molar-refractivity contribution >= 4 is 35.4 Å². The summed E-state index contributed by atoms with van der Waals surface area (Å²) in [5.41, 5.74) is -3.09. The van der Waals surface area contributed by atoms with Crippen molar-refractivity contribution in [1.82, 2.24) is 5.06 Å². The van der Waals surface area contributed by atoms with E-state index in [1.807, 2.05) is 0 Å². The number of rotatable bonds is 3. The molecule has 1 saturated carbocycles. The fourth-order valence-electron chi connectivity index (χ4n) is 6.31. The molecular weight excluding hydrogens is 442 g/mol. The molecule has 0 radical (unpaired) electrons. The number of benzene rings is 1. The number of ketones is 2. The number of hydrogen-bond donors (Lipinski definition) is 1. The van der Waals surface area contributed by atoms with E-state index in [0.29, 0.717) is 12.0 Å². The van der Waals surface area contributed by atoms with Gasteiger partial charge in [-0.25, -0.2) is 4.79 Å². The number of Topliss-reactive ketones (excluding diaryl/α,β-unsaturated/α-hetero) is 2. The van der Waals surface area contributed by atoms with Gasteiger partial charge in [-0.1, -0.05) is 28.4 Å². The zero-order valence-electron chi connectivity index (χ0n) is 18.7. The highest BCUT2D eigenvalue weighted by Crippen LogP contribution is 2.62. The lowest BCUT2D eigenvalue weighted by atomic mass is 9.50. The second kappa shape index (κ2) is 8.12. The lowest BCUT2D eigenvalue weighted by Crippen LogP contribution is -2.76. The average Bonchev–Trinajstić information content (AvgIpc) is 3.11. The van der Waals surface area contributed by atoms with Crippen LogP contribution >= 0.6 is 0 Å². The monoisotopic (exact) mass is 467 g/mol. The van der Waals surface area contributed by atoms with Gasteiger partial charge < -0.3 is 14.9 Å². The second-order valence-electron chi connectivity index (χ2n) is 9.19. The van der Waals surface area contributed by atoms with Crippen molar-refractivity contribution in [2.24, 2.45) is 16.5 Å². The summed E-state index contributed by atoms with van der Waals surface area (Å²) in [5.74, 6) is -3.02. The Labute approximate surface area is 195 Å². The number of methoxy groups -OCH3 is 1. The van der Waals surface area contributed by atoms with Gasteiger partial charge >= 0.3 is 11.9 Å². The molecule has 1 spiro atoms. The molecule has 4 aliphatic heterocycles. The summed E-state index contributed by atoms with van der Waals surface area (Å²) in [4.78, 5) is 58.7. The first-order chi connectivity index (χ1) is 16.4. The summed E-state index contributed by atoms with van der Waals surface area (Å²) in [6, 6.07) is 8.10. The predicted octanol–water partition coefficient (Wildman–Crippen LogP) is 1.87. The Morgan fingerprint density at radius 3 is 2.65 bits per heavy atom. The van der Waals surface area contributed by atoms with Crippen molar-refractivity contribution in [3.63, 3.8) is 0 Å². The lowest BCUT2D eigenvalue weighted by molar-refractivity contribution is -0.272. The van der Waals surface area contributed by atoms with E-state index in [1.165, 1.54) is 18.4 Å². The number of nitrogens with zero attached hydrogens (tertiary/aromatic N) is 2. The van der Waals surface area contributed by atoms with Crippen LogP contribution in [0, 0.1) is 16.7 Å². The summed E-state index contributed by atoms with van der Waals surface area (Å²) >= 11 is 0. The van der Waals surface area contributed by atoms with E-state index in [9.17, 15) is 19.2 Å². The zero-order chi connectivity index (χ0) is 24.1. The molecule has 34 heavy (non-hydrogen) atoms. The van der Waals surface area contributed by atoms with Crippen molar-refractivity contribution in [2.75, 3.05) is 7.11 Å². The smallest absolute Gasteiger partial charge is 0.338 e. The van der Waals surface area contributed by atoms with E-state index in [4.69, 9.17) is 19.8 Å². The molecule has 4 heterocycles. The Morgan fingerprint density at radius 2 is 1.91 bits per heavy atom. The normalized spacial score (nSPS) is 36.4. The molecule has 5 aliphatic rings. The van der Waals surface area contributed by atoms with Gasteiger partial charge in [0, 0.05) is 30.9 Å². The molecule has 6 atom stereocenters. The summed E-state index contributed by atoms with van der Waals surface area (Å²) in [6.45, 7) is 0. The molecule has 2 saturated heterocycles. The van der Waals surface area contributed by atoms with Crippen LogP contribution in [0.2, 0.25) is 0 Å². The lowest BCUT2D eigenvalue weighted by Gasteiger charge is -2.56. The Kier molecular flexibility index (Phi) is 5.35. The Bertz CT molecular complexity index is 1090.